The first kappa shape index (κ1) is 13.7. The van der Waals surface area contributed by atoms with Gasteiger partial charge in [0.2, 0.25) is 0 Å². The van der Waals surface area contributed by atoms with Gasteiger partial charge in [0, 0.05) is 15.6 Å². The average molecular weight is 327 g/mol. The number of halogens is 3. The predicted octanol–water partition coefficient (Wildman–Crippen LogP) is 4.29. The molecule has 19 heavy (non-hydrogen) atoms. The Hall–Kier alpha value is -1.75. The molecule has 0 aliphatic rings. The van der Waals surface area contributed by atoms with Gasteiger partial charge in [-0.25, -0.2) is 4.79 Å². The molecule has 0 amide bonds. The minimum Gasteiger partial charge on any atom is -0.478 e. The van der Waals surface area contributed by atoms with E-state index in [0.717, 1.165) is 12.1 Å². The second-order valence-electron chi connectivity index (χ2n) is 3.97. The van der Waals surface area contributed by atoms with E-state index in [9.17, 15) is 13.6 Å². The molecule has 0 atom stereocenters. The maximum absolute atomic E-state index is 14.2. The fraction of sp³-hybridized carbons (Fsp3) is 0.0714. The van der Waals surface area contributed by atoms with Crippen molar-refractivity contribution >= 4 is 21.9 Å². The van der Waals surface area contributed by atoms with Gasteiger partial charge in [0.25, 0.3) is 5.92 Å². The minimum absolute atomic E-state index is 0.0196. The van der Waals surface area contributed by atoms with E-state index < -0.39 is 11.9 Å². The standard InChI is InChI=1S/C14H9BrF2O2/c15-12-3-1-2-11(8-12)14(16,17)10-6-4-9(5-7-10)13(18)19/h1-8H,(H,18,19). The molecule has 0 saturated carbocycles. The lowest BCUT2D eigenvalue weighted by atomic mass is 9.99. The second kappa shape index (κ2) is 5.09. The maximum Gasteiger partial charge on any atom is 0.335 e. The van der Waals surface area contributed by atoms with Crippen LogP contribution in [0.1, 0.15) is 21.5 Å². The van der Waals surface area contributed by atoms with Gasteiger partial charge in [-0.1, -0.05) is 40.2 Å². The normalized spacial score (nSPS) is 11.3. The van der Waals surface area contributed by atoms with Crippen molar-refractivity contribution < 1.29 is 18.7 Å². The molecule has 5 heteroatoms. The van der Waals surface area contributed by atoms with Crippen molar-refractivity contribution in [1.82, 2.24) is 0 Å². The fourth-order valence-corrected chi connectivity index (χ4v) is 2.07. The summed E-state index contributed by atoms with van der Waals surface area (Å²) in [4.78, 5) is 10.7. The molecule has 0 radical (unpaired) electrons. The third-order valence-corrected chi connectivity index (χ3v) is 3.17. The maximum atomic E-state index is 14.2. The van der Waals surface area contributed by atoms with Gasteiger partial charge in [0.15, 0.2) is 0 Å². The largest absolute Gasteiger partial charge is 0.478 e. The second-order valence-corrected chi connectivity index (χ2v) is 4.88. The first-order valence-corrected chi connectivity index (χ1v) is 6.18. The van der Waals surface area contributed by atoms with Gasteiger partial charge in [-0.2, -0.15) is 8.78 Å². The molecule has 2 nitrogen and oxygen atoms in total. The first-order valence-electron chi connectivity index (χ1n) is 5.39. The van der Waals surface area contributed by atoms with Crippen LogP contribution < -0.4 is 0 Å². The predicted molar refractivity (Wildman–Crippen MR) is 70.5 cm³/mol. The van der Waals surface area contributed by atoms with E-state index in [2.05, 4.69) is 15.9 Å². The molecular formula is C14H9BrF2O2. The molecule has 0 saturated heterocycles. The van der Waals surface area contributed by atoms with E-state index in [4.69, 9.17) is 5.11 Å². The Kier molecular flexibility index (Phi) is 3.66. The van der Waals surface area contributed by atoms with Crippen molar-refractivity contribution in [1.29, 1.82) is 0 Å². The Morgan fingerprint density at radius 3 is 2.21 bits per heavy atom. The topological polar surface area (TPSA) is 37.3 Å². The number of carbonyl (C=O) groups is 1. The van der Waals surface area contributed by atoms with E-state index >= 15 is 0 Å². The lowest BCUT2D eigenvalue weighted by Crippen LogP contribution is -2.15. The van der Waals surface area contributed by atoms with Crippen molar-refractivity contribution in [2.24, 2.45) is 0 Å². The number of aromatic carboxylic acids is 1. The van der Waals surface area contributed by atoms with E-state index in [0.29, 0.717) is 4.47 Å². The zero-order chi connectivity index (χ0) is 14.0. The van der Waals surface area contributed by atoms with Crippen LogP contribution in [0.25, 0.3) is 0 Å². The summed E-state index contributed by atoms with van der Waals surface area (Å²) in [5.41, 5.74) is -0.408. The molecule has 0 unspecified atom stereocenters. The number of benzene rings is 2. The summed E-state index contributed by atoms with van der Waals surface area (Å²) < 4.78 is 29.0. The highest BCUT2D eigenvalue weighted by Gasteiger charge is 2.34. The van der Waals surface area contributed by atoms with Crippen LogP contribution in [-0.4, -0.2) is 11.1 Å². The quantitative estimate of drug-likeness (QED) is 0.913. The van der Waals surface area contributed by atoms with Crippen LogP contribution in [-0.2, 0) is 5.92 Å². The first-order chi connectivity index (χ1) is 8.91. The molecule has 0 aliphatic heterocycles. The molecular weight excluding hydrogens is 318 g/mol. The highest BCUT2D eigenvalue weighted by Crippen LogP contribution is 2.36. The van der Waals surface area contributed by atoms with Crippen LogP contribution in [0.3, 0.4) is 0 Å². The molecule has 0 aliphatic carbocycles. The Bertz CT molecular complexity index is 609. The van der Waals surface area contributed by atoms with Gasteiger partial charge in [-0.05, 0) is 24.3 Å². The van der Waals surface area contributed by atoms with Crippen LogP contribution in [0.15, 0.2) is 53.0 Å². The van der Waals surface area contributed by atoms with Gasteiger partial charge < -0.3 is 5.11 Å². The minimum atomic E-state index is -3.17. The van der Waals surface area contributed by atoms with E-state index in [-0.39, 0.29) is 16.7 Å². The molecule has 0 fully saturated rings. The van der Waals surface area contributed by atoms with Crippen molar-refractivity contribution in [2.75, 3.05) is 0 Å². The summed E-state index contributed by atoms with van der Waals surface area (Å²) in [6, 6.07) is 10.5. The van der Waals surface area contributed by atoms with Crippen molar-refractivity contribution in [3.8, 4) is 0 Å². The Morgan fingerprint density at radius 1 is 1.05 bits per heavy atom. The number of rotatable bonds is 3. The summed E-state index contributed by atoms with van der Waals surface area (Å²) in [5.74, 6) is -4.31. The zero-order valence-corrected chi connectivity index (χ0v) is 11.2. The zero-order valence-electron chi connectivity index (χ0n) is 9.61. The molecule has 0 spiro atoms. The average Bonchev–Trinajstić information content (AvgIpc) is 2.39. The van der Waals surface area contributed by atoms with E-state index in [1.807, 2.05) is 0 Å². The number of alkyl halides is 2. The van der Waals surface area contributed by atoms with Crippen LogP contribution in [0.5, 0.6) is 0 Å². The fourth-order valence-electron chi connectivity index (χ4n) is 1.67. The summed E-state index contributed by atoms with van der Waals surface area (Å²) >= 11 is 3.15. The molecule has 0 bridgehead atoms. The number of hydrogen-bond acceptors (Lipinski definition) is 1. The Labute approximate surface area is 116 Å². The summed E-state index contributed by atoms with van der Waals surface area (Å²) in [6.07, 6.45) is 0. The van der Waals surface area contributed by atoms with Crippen LogP contribution in [0.2, 0.25) is 0 Å². The SMILES string of the molecule is O=C(O)c1ccc(C(F)(F)c2cccc(Br)c2)cc1. The van der Waals surface area contributed by atoms with Crippen LogP contribution in [0, 0.1) is 0 Å². The Morgan fingerprint density at radius 2 is 1.68 bits per heavy atom. The summed E-state index contributed by atoms with van der Waals surface area (Å²) in [5, 5.41) is 8.74. The smallest absolute Gasteiger partial charge is 0.335 e. The summed E-state index contributed by atoms with van der Waals surface area (Å²) in [7, 11) is 0. The lowest BCUT2D eigenvalue weighted by Gasteiger charge is -2.17. The molecule has 2 rings (SSSR count). The summed E-state index contributed by atoms with van der Waals surface area (Å²) in [6.45, 7) is 0. The monoisotopic (exact) mass is 326 g/mol. The third-order valence-electron chi connectivity index (χ3n) is 2.68. The molecule has 1 N–H and O–H groups in total. The highest BCUT2D eigenvalue weighted by atomic mass is 79.9. The van der Waals surface area contributed by atoms with Gasteiger partial charge >= 0.3 is 5.97 Å². The van der Waals surface area contributed by atoms with Crippen molar-refractivity contribution in [2.45, 2.75) is 5.92 Å². The highest BCUT2D eigenvalue weighted by molar-refractivity contribution is 9.10. The lowest BCUT2D eigenvalue weighted by molar-refractivity contribution is 0.0426. The van der Waals surface area contributed by atoms with Crippen molar-refractivity contribution in [3.05, 3.63) is 69.7 Å². The Balaban J connectivity index is 2.41. The van der Waals surface area contributed by atoms with Gasteiger partial charge in [0.1, 0.15) is 0 Å². The molecule has 2 aromatic rings. The number of carboxylic acids is 1. The number of hydrogen-bond donors (Lipinski definition) is 1. The molecule has 98 valence electrons. The number of carboxylic acid groups (broad SMARTS) is 1. The molecule has 0 heterocycles. The third kappa shape index (κ3) is 2.81. The molecule has 0 aromatic heterocycles. The van der Waals surface area contributed by atoms with E-state index in [1.54, 1.807) is 6.07 Å². The molecule has 2 aromatic carbocycles. The van der Waals surface area contributed by atoms with Crippen LogP contribution >= 0.6 is 15.9 Å². The van der Waals surface area contributed by atoms with Crippen molar-refractivity contribution in [3.63, 3.8) is 0 Å². The van der Waals surface area contributed by atoms with Crippen LogP contribution in [0.4, 0.5) is 8.78 Å². The van der Waals surface area contributed by atoms with E-state index in [1.165, 1.54) is 30.3 Å². The van der Waals surface area contributed by atoms with Gasteiger partial charge in [0.05, 0.1) is 5.56 Å². The van der Waals surface area contributed by atoms with Gasteiger partial charge in [-0.3, -0.25) is 0 Å². The van der Waals surface area contributed by atoms with Gasteiger partial charge in [-0.15, -0.1) is 0 Å².